The molecular weight excluding hydrogens is 352 g/mol. The molecule has 2 aliphatic rings. The number of esters is 2. The van der Waals surface area contributed by atoms with Gasteiger partial charge in [0.05, 0.1) is 0 Å². The third-order valence-electron chi connectivity index (χ3n) is 7.85. The molecular formula is C24H40O4. The predicted octanol–water partition coefficient (Wildman–Crippen LogP) is 5.84. The predicted molar refractivity (Wildman–Crippen MR) is 112 cm³/mol. The first-order valence-corrected chi connectivity index (χ1v) is 10.8. The van der Waals surface area contributed by atoms with Crippen LogP contribution in [0.2, 0.25) is 0 Å². The van der Waals surface area contributed by atoms with E-state index in [1.54, 1.807) is 6.08 Å². The van der Waals surface area contributed by atoms with Gasteiger partial charge in [0.25, 0.3) is 0 Å². The van der Waals surface area contributed by atoms with Crippen LogP contribution in [0.5, 0.6) is 0 Å². The largest absolute Gasteiger partial charge is 0.459 e. The van der Waals surface area contributed by atoms with Crippen LogP contribution in [0.1, 0.15) is 93.4 Å². The third-order valence-corrected chi connectivity index (χ3v) is 7.85. The maximum absolute atomic E-state index is 11.9. The molecule has 1 unspecified atom stereocenters. The van der Waals surface area contributed by atoms with Crippen LogP contribution in [0.4, 0.5) is 0 Å². The van der Waals surface area contributed by atoms with Crippen LogP contribution in [-0.4, -0.2) is 23.1 Å². The molecule has 2 saturated carbocycles. The molecule has 5 atom stereocenters. The normalized spacial score (nSPS) is 36.5. The summed E-state index contributed by atoms with van der Waals surface area (Å²) >= 11 is 0. The average molecular weight is 393 g/mol. The molecule has 0 aliphatic heterocycles. The zero-order chi connectivity index (χ0) is 21.4. The Kier molecular flexibility index (Phi) is 6.43. The topological polar surface area (TPSA) is 52.6 Å². The van der Waals surface area contributed by atoms with Crippen molar-refractivity contribution in [3.05, 3.63) is 12.7 Å². The Morgan fingerprint density at radius 3 is 2.29 bits per heavy atom. The van der Waals surface area contributed by atoms with E-state index < -0.39 is 11.2 Å². The van der Waals surface area contributed by atoms with Crippen molar-refractivity contribution in [2.75, 3.05) is 0 Å². The highest BCUT2D eigenvalue weighted by Gasteiger charge is 2.59. The van der Waals surface area contributed by atoms with E-state index in [0.717, 1.165) is 25.7 Å². The molecule has 4 nitrogen and oxygen atoms in total. The summed E-state index contributed by atoms with van der Waals surface area (Å²) in [5, 5.41) is 0. The van der Waals surface area contributed by atoms with Crippen LogP contribution in [-0.2, 0) is 19.1 Å². The van der Waals surface area contributed by atoms with Gasteiger partial charge in [0.15, 0.2) is 0 Å². The fraction of sp³-hybridized carbons (Fsp3) is 0.833. The number of carbonyl (C=O) groups excluding carboxylic acids is 2. The molecule has 160 valence electrons. The summed E-state index contributed by atoms with van der Waals surface area (Å²) < 4.78 is 11.6. The van der Waals surface area contributed by atoms with E-state index in [1.807, 2.05) is 6.92 Å². The highest BCUT2D eigenvalue weighted by atomic mass is 16.6. The van der Waals surface area contributed by atoms with E-state index >= 15 is 0 Å². The molecule has 0 amide bonds. The number of carbonyl (C=O) groups is 2. The second-order valence-electron chi connectivity index (χ2n) is 10.5. The van der Waals surface area contributed by atoms with E-state index in [0.29, 0.717) is 17.8 Å². The van der Waals surface area contributed by atoms with Crippen LogP contribution in [0.15, 0.2) is 12.7 Å². The molecule has 0 heterocycles. The summed E-state index contributed by atoms with van der Waals surface area (Å²) in [6, 6.07) is 0. The molecule has 2 rings (SSSR count). The van der Waals surface area contributed by atoms with Crippen molar-refractivity contribution in [1.29, 1.82) is 0 Å². The number of hydrogen-bond acceptors (Lipinski definition) is 4. The van der Waals surface area contributed by atoms with Crippen molar-refractivity contribution in [1.82, 2.24) is 0 Å². The molecule has 2 fully saturated rings. The minimum atomic E-state index is -0.698. The molecule has 0 aromatic rings. The van der Waals surface area contributed by atoms with Crippen LogP contribution in [0.3, 0.4) is 0 Å². The lowest BCUT2D eigenvalue weighted by Gasteiger charge is -2.62. The summed E-state index contributed by atoms with van der Waals surface area (Å²) in [6.45, 7) is 18.1. The monoisotopic (exact) mass is 392 g/mol. The molecule has 0 aromatic heterocycles. The zero-order valence-corrected chi connectivity index (χ0v) is 19.0. The molecule has 0 aromatic carbocycles. The van der Waals surface area contributed by atoms with E-state index in [1.165, 1.54) is 26.7 Å². The molecule has 0 bridgehead atoms. The van der Waals surface area contributed by atoms with Crippen molar-refractivity contribution in [2.24, 2.45) is 22.7 Å². The summed E-state index contributed by atoms with van der Waals surface area (Å²) in [7, 11) is 0. The van der Waals surface area contributed by atoms with Gasteiger partial charge in [-0.05, 0) is 75.2 Å². The zero-order valence-electron chi connectivity index (χ0n) is 19.0. The Morgan fingerprint density at radius 1 is 1.11 bits per heavy atom. The minimum Gasteiger partial charge on any atom is -0.459 e. The highest BCUT2D eigenvalue weighted by Crippen LogP contribution is 2.63. The van der Waals surface area contributed by atoms with Crippen LogP contribution >= 0.6 is 0 Å². The van der Waals surface area contributed by atoms with E-state index in [9.17, 15) is 9.59 Å². The Hall–Kier alpha value is -1.32. The van der Waals surface area contributed by atoms with Gasteiger partial charge in [-0.15, -0.1) is 0 Å². The molecule has 28 heavy (non-hydrogen) atoms. The van der Waals surface area contributed by atoms with Gasteiger partial charge in [-0.1, -0.05) is 33.8 Å². The van der Waals surface area contributed by atoms with Gasteiger partial charge in [-0.25, -0.2) is 0 Å². The van der Waals surface area contributed by atoms with Crippen molar-refractivity contribution in [3.63, 3.8) is 0 Å². The number of rotatable bonds is 6. The Bertz CT molecular complexity index is 624. The van der Waals surface area contributed by atoms with E-state index in [2.05, 4.69) is 34.3 Å². The van der Waals surface area contributed by atoms with Crippen LogP contribution in [0.25, 0.3) is 0 Å². The lowest BCUT2D eigenvalue weighted by Crippen LogP contribution is -2.59. The average Bonchev–Trinajstić information content (AvgIpc) is 2.51. The second kappa shape index (κ2) is 7.84. The van der Waals surface area contributed by atoms with Crippen molar-refractivity contribution >= 4 is 11.9 Å². The van der Waals surface area contributed by atoms with Gasteiger partial charge in [0, 0.05) is 19.8 Å². The standard InChI is InChI=1S/C24H40O4/c1-9-22(6,27-17(2)25)15-11-20-23(7)14-10-13-21(4,5)19(23)12-16-24(20,8)28-18(3)26/h9,19-20H,1,10-16H2,2-8H3/t19-,20+,22?,23-,24+/m0/s1. The van der Waals surface area contributed by atoms with Gasteiger partial charge in [-0.3, -0.25) is 9.59 Å². The van der Waals surface area contributed by atoms with Crippen molar-refractivity contribution in [2.45, 2.75) is 105 Å². The van der Waals surface area contributed by atoms with Gasteiger partial charge < -0.3 is 9.47 Å². The molecule has 0 N–H and O–H groups in total. The van der Waals surface area contributed by atoms with Gasteiger partial charge in [0.2, 0.25) is 0 Å². The Labute approximate surface area is 171 Å². The SMILES string of the molecule is C=CC(C)(CC[C@@H]1[C@@]2(C)CCCC(C)(C)[C@@H]2CC[C@@]1(C)OC(C)=O)OC(C)=O. The summed E-state index contributed by atoms with van der Waals surface area (Å²) in [6.07, 6.45) is 8.83. The molecule has 0 radical (unpaired) electrons. The Morgan fingerprint density at radius 2 is 1.75 bits per heavy atom. The molecule has 0 saturated heterocycles. The lowest BCUT2D eigenvalue weighted by atomic mass is 9.45. The fourth-order valence-corrected chi connectivity index (χ4v) is 6.65. The third kappa shape index (κ3) is 4.46. The molecule has 4 heteroatoms. The van der Waals surface area contributed by atoms with Crippen LogP contribution in [0, 0.1) is 22.7 Å². The lowest BCUT2D eigenvalue weighted by molar-refractivity contribution is -0.201. The number of hydrogen-bond donors (Lipinski definition) is 0. The smallest absolute Gasteiger partial charge is 0.303 e. The van der Waals surface area contributed by atoms with Gasteiger partial charge in [-0.2, -0.15) is 0 Å². The minimum absolute atomic E-state index is 0.0997. The van der Waals surface area contributed by atoms with Gasteiger partial charge in [0.1, 0.15) is 11.2 Å². The number of ether oxygens (including phenoxy) is 2. The van der Waals surface area contributed by atoms with E-state index in [-0.39, 0.29) is 23.3 Å². The molecule has 0 spiro atoms. The summed E-state index contributed by atoms with van der Waals surface area (Å²) in [5.41, 5.74) is -0.789. The van der Waals surface area contributed by atoms with E-state index in [4.69, 9.17) is 9.47 Å². The van der Waals surface area contributed by atoms with Gasteiger partial charge >= 0.3 is 11.9 Å². The fourth-order valence-electron chi connectivity index (χ4n) is 6.65. The van der Waals surface area contributed by atoms with Crippen molar-refractivity contribution < 1.29 is 19.1 Å². The highest BCUT2D eigenvalue weighted by molar-refractivity contribution is 5.67. The first kappa shape index (κ1) is 23.0. The summed E-state index contributed by atoms with van der Waals surface area (Å²) in [4.78, 5) is 23.5. The Balaban J connectivity index is 2.37. The molecule has 2 aliphatic carbocycles. The summed E-state index contributed by atoms with van der Waals surface area (Å²) in [5.74, 6) is 0.316. The maximum Gasteiger partial charge on any atom is 0.303 e. The number of fused-ring (bicyclic) bond motifs is 1. The first-order chi connectivity index (χ1) is 12.8. The van der Waals surface area contributed by atoms with Crippen molar-refractivity contribution in [3.8, 4) is 0 Å². The first-order valence-electron chi connectivity index (χ1n) is 10.8. The quantitative estimate of drug-likeness (QED) is 0.421. The second-order valence-corrected chi connectivity index (χ2v) is 10.5. The van der Waals surface area contributed by atoms with Crippen LogP contribution < -0.4 is 0 Å². The maximum atomic E-state index is 11.9.